The van der Waals surface area contributed by atoms with Crippen molar-refractivity contribution in [3.63, 3.8) is 0 Å². The van der Waals surface area contributed by atoms with Gasteiger partial charge in [0.15, 0.2) is 0 Å². The van der Waals surface area contributed by atoms with E-state index in [2.05, 4.69) is 16.1 Å². The van der Waals surface area contributed by atoms with Crippen LogP contribution in [0.15, 0.2) is 0 Å². The third-order valence-corrected chi connectivity index (χ3v) is 7.58. The molecule has 0 aliphatic carbocycles. The largest absolute Gasteiger partial charge is 0.394 e. The minimum atomic E-state index is -1.21. The van der Waals surface area contributed by atoms with Crippen molar-refractivity contribution in [2.75, 3.05) is 44.5 Å². The second kappa shape index (κ2) is 15.7. The summed E-state index contributed by atoms with van der Waals surface area (Å²) in [5.74, 6) is -1.92. The molecule has 0 aliphatic heterocycles. The van der Waals surface area contributed by atoms with E-state index >= 15 is 0 Å². The van der Waals surface area contributed by atoms with Crippen LogP contribution in [-0.4, -0.2) is 106 Å². The van der Waals surface area contributed by atoms with Crippen LogP contribution in [0.4, 0.5) is 5.69 Å². The summed E-state index contributed by atoms with van der Waals surface area (Å²) >= 11 is 5.47. The number of benzene rings is 1. The first-order chi connectivity index (χ1) is 16.4. The zero-order valence-electron chi connectivity index (χ0n) is 18.5. The van der Waals surface area contributed by atoms with Crippen molar-refractivity contribution in [2.24, 2.45) is 0 Å². The third kappa shape index (κ3) is 9.10. The van der Waals surface area contributed by atoms with Crippen molar-refractivity contribution in [1.82, 2.24) is 16.1 Å². The highest BCUT2D eigenvalue weighted by Crippen LogP contribution is 2.37. The fraction of sp³-hybridized carbons (Fsp3) is 0.526. The van der Waals surface area contributed by atoms with Gasteiger partial charge in [-0.2, -0.15) is 0 Å². The van der Waals surface area contributed by atoms with Crippen LogP contribution < -0.4 is 21.1 Å². The van der Waals surface area contributed by atoms with Gasteiger partial charge in [-0.15, -0.1) is 0 Å². The van der Waals surface area contributed by atoms with Crippen LogP contribution in [0, 0.1) is 10.7 Å². The van der Waals surface area contributed by atoms with Gasteiger partial charge in [0.2, 0.25) is 5.91 Å². The van der Waals surface area contributed by atoms with E-state index in [0.29, 0.717) is 0 Å². The van der Waals surface area contributed by atoms with Gasteiger partial charge in [0, 0.05) is 30.1 Å². The SMILES string of the molecule is CC(=O)N(NCC(O)CO)c1c(I)c(C(=O)NCC(O)CO)c(I)c(C(=O)NCC(O)CO)c1I. The Morgan fingerprint density at radius 2 is 1.11 bits per heavy atom. The first kappa shape index (κ1) is 32.6. The summed E-state index contributed by atoms with van der Waals surface area (Å²) in [6, 6.07) is 0. The van der Waals surface area contributed by atoms with Crippen molar-refractivity contribution in [3.8, 4) is 0 Å². The molecule has 0 heterocycles. The van der Waals surface area contributed by atoms with Gasteiger partial charge >= 0.3 is 0 Å². The average molecular weight is 836 g/mol. The van der Waals surface area contributed by atoms with Gasteiger partial charge in [0.05, 0.1) is 62.1 Å². The Balaban J connectivity index is 3.68. The molecule has 1 aromatic rings. The molecule has 16 heteroatoms. The van der Waals surface area contributed by atoms with Gasteiger partial charge in [0.1, 0.15) is 0 Å². The highest BCUT2D eigenvalue weighted by atomic mass is 127. The van der Waals surface area contributed by atoms with Crippen LogP contribution in [-0.2, 0) is 4.79 Å². The number of rotatable bonds is 13. The minimum absolute atomic E-state index is 0.00960. The van der Waals surface area contributed by atoms with Crippen molar-refractivity contribution in [2.45, 2.75) is 25.2 Å². The van der Waals surface area contributed by atoms with Crippen molar-refractivity contribution < 1.29 is 45.0 Å². The molecule has 0 saturated heterocycles. The molecule has 13 nitrogen and oxygen atoms in total. The quantitative estimate of drug-likeness (QED) is 0.0780. The number of carbonyl (C=O) groups excluding carboxylic acids is 3. The van der Waals surface area contributed by atoms with E-state index in [9.17, 15) is 29.7 Å². The molecule has 0 saturated carbocycles. The first-order valence-corrected chi connectivity index (χ1v) is 13.3. The molecular weight excluding hydrogens is 809 g/mol. The lowest BCUT2D eigenvalue weighted by atomic mass is 10.1. The molecule has 3 atom stereocenters. The summed E-state index contributed by atoms with van der Waals surface area (Å²) in [4.78, 5) is 38.6. The van der Waals surface area contributed by atoms with E-state index in [-0.39, 0.29) is 47.2 Å². The second-order valence-corrected chi connectivity index (χ2v) is 10.4. The predicted molar refractivity (Wildman–Crippen MR) is 150 cm³/mol. The molecule has 1 aromatic carbocycles. The number of hydrazine groups is 1. The number of halogens is 3. The topological polar surface area (TPSA) is 212 Å². The number of nitrogens with zero attached hydrogens (tertiary/aromatic N) is 1. The standard InChI is InChI=1S/C19H27I3N4O9/c1-8(30)26(25-4-11(33)7-29)17-15(21)12(18(34)23-2-9(31)5-27)14(20)13(16(17)22)19(35)24-3-10(32)6-28/h9-11,25,27-29,31-33H,2-7H2,1H3,(H,23,34)(H,24,35). The fourth-order valence-electron chi connectivity index (χ4n) is 2.58. The number of aliphatic hydroxyl groups is 6. The van der Waals surface area contributed by atoms with Gasteiger partial charge < -0.3 is 41.3 Å². The minimum Gasteiger partial charge on any atom is -0.394 e. The third-order valence-electron chi connectivity index (χ3n) is 4.40. The molecule has 3 amide bonds. The number of anilines is 1. The lowest BCUT2D eigenvalue weighted by Gasteiger charge is -2.28. The normalized spacial score (nSPS) is 13.7. The summed E-state index contributed by atoms with van der Waals surface area (Å²) in [5.41, 5.74) is 2.84. The summed E-state index contributed by atoms with van der Waals surface area (Å²) < 4.78 is 0.743. The lowest BCUT2D eigenvalue weighted by molar-refractivity contribution is -0.117. The molecule has 0 fully saturated rings. The maximum absolute atomic E-state index is 13.0. The van der Waals surface area contributed by atoms with E-state index in [1.165, 1.54) is 6.92 Å². The Morgan fingerprint density at radius 1 is 0.743 bits per heavy atom. The van der Waals surface area contributed by atoms with E-state index in [0.717, 1.165) is 5.01 Å². The highest BCUT2D eigenvalue weighted by molar-refractivity contribution is 14.1. The summed E-state index contributed by atoms with van der Waals surface area (Å²) in [5, 5.41) is 62.0. The summed E-state index contributed by atoms with van der Waals surface area (Å²) in [6.45, 7) is -1.28. The zero-order chi connectivity index (χ0) is 26.9. The number of aliphatic hydroxyl groups excluding tert-OH is 6. The molecular formula is C19H27I3N4O9. The monoisotopic (exact) mass is 836 g/mol. The van der Waals surface area contributed by atoms with Crippen molar-refractivity contribution >= 4 is 91.2 Å². The molecule has 0 bridgehead atoms. The Labute approximate surface area is 242 Å². The molecule has 198 valence electrons. The fourth-order valence-corrected chi connectivity index (χ4v) is 7.21. The van der Waals surface area contributed by atoms with Gasteiger partial charge in [-0.05, 0) is 67.8 Å². The highest BCUT2D eigenvalue weighted by Gasteiger charge is 2.31. The molecule has 1 rings (SSSR count). The van der Waals surface area contributed by atoms with Gasteiger partial charge in [-0.1, -0.05) is 0 Å². The average Bonchev–Trinajstić information content (AvgIpc) is 2.82. The summed E-state index contributed by atoms with van der Waals surface area (Å²) in [6.07, 6.45) is -3.62. The maximum atomic E-state index is 13.0. The Morgan fingerprint density at radius 3 is 1.46 bits per heavy atom. The van der Waals surface area contributed by atoms with Crippen LogP contribution >= 0.6 is 67.8 Å². The van der Waals surface area contributed by atoms with E-state index in [1.807, 2.05) is 45.2 Å². The maximum Gasteiger partial charge on any atom is 0.253 e. The number of hydrogen-bond donors (Lipinski definition) is 9. The molecule has 0 radical (unpaired) electrons. The predicted octanol–water partition coefficient (Wildman–Crippen LogP) is -2.12. The Kier molecular flexibility index (Phi) is 14.6. The van der Waals surface area contributed by atoms with Crippen molar-refractivity contribution in [3.05, 3.63) is 21.8 Å². The molecule has 0 spiro atoms. The van der Waals surface area contributed by atoms with Crippen molar-refractivity contribution in [1.29, 1.82) is 0 Å². The summed E-state index contributed by atoms with van der Waals surface area (Å²) in [7, 11) is 0. The lowest BCUT2D eigenvalue weighted by Crippen LogP contribution is -2.47. The number of carbonyl (C=O) groups is 3. The zero-order valence-corrected chi connectivity index (χ0v) is 24.9. The van der Waals surface area contributed by atoms with Crippen LogP contribution in [0.1, 0.15) is 27.6 Å². The Bertz CT molecular complexity index is 869. The molecule has 0 aromatic heterocycles. The van der Waals surface area contributed by atoms with Gasteiger partial charge in [-0.25, -0.2) is 10.4 Å². The number of amides is 3. The first-order valence-electron chi connectivity index (χ1n) is 10.1. The van der Waals surface area contributed by atoms with Crippen LogP contribution in [0.5, 0.6) is 0 Å². The molecule has 0 aliphatic rings. The van der Waals surface area contributed by atoms with Crippen LogP contribution in [0.3, 0.4) is 0 Å². The van der Waals surface area contributed by atoms with Gasteiger partial charge in [-0.3, -0.25) is 14.4 Å². The molecule has 35 heavy (non-hydrogen) atoms. The van der Waals surface area contributed by atoms with E-state index in [1.54, 1.807) is 22.6 Å². The Hall–Kier alpha value is -0.460. The smallest absolute Gasteiger partial charge is 0.253 e. The molecule has 3 unspecified atom stereocenters. The van der Waals surface area contributed by atoms with E-state index < -0.39 is 55.9 Å². The van der Waals surface area contributed by atoms with Gasteiger partial charge in [0.25, 0.3) is 11.8 Å². The van der Waals surface area contributed by atoms with Crippen LogP contribution in [0.2, 0.25) is 0 Å². The number of hydrogen-bond acceptors (Lipinski definition) is 10. The van der Waals surface area contributed by atoms with E-state index in [4.69, 9.17) is 15.3 Å². The van der Waals surface area contributed by atoms with Crippen LogP contribution in [0.25, 0.3) is 0 Å². The molecule has 9 N–H and O–H groups in total. The number of nitrogens with one attached hydrogen (secondary N) is 3. The second-order valence-electron chi connectivity index (χ2n) is 7.19.